The third-order valence-corrected chi connectivity index (χ3v) is 5.19. The Labute approximate surface area is 141 Å². The van der Waals surface area contributed by atoms with E-state index < -0.39 is 5.60 Å². The van der Waals surface area contributed by atoms with Crippen molar-refractivity contribution in [1.82, 2.24) is 0 Å². The highest BCUT2D eigenvalue weighted by atomic mass is 79.9. The van der Waals surface area contributed by atoms with Crippen LogP contribution in [0.1, 0.15) is 23.6 Å². The molecule has 0 radical (unpaired) electrons. The van der Waals surface area contributed by atoms with E-state index in [1.165, 1.54) is 5.56 Å². The highest BCUT2D eigenvalue weighted by Gasteiger charge is 2.35. The number of fused-ring (bicyclic) bond motifs is 1. The van der Waals surface area contributed by atoms with E-state index in [2.05, 4.69) is 68.9 Å². The van der Waals surface area contributed by atoms with Crippen molar-refractivity contribution in [2.24, 2.45) is 4.99 Å². The summed E-state index contributed by atoms with van der Waals surface area (Å²) in [6.45, 7) is 4.15. The Morgan fingerprint density at radius 3 is 2.52 bits per heavy atom. The molecule has 0 saturated carbocycles. The van der Waals surface area contributed by atoms with Gasteiger partial charge in [-0.15, -0.1) is 0 Å². The first-order chi connectivity index (χ1) is 10.0. The number of aliphatic imine (C=N–C) groups is 1. The van der Waals surface area contributed by atoms with Gasteiger partial charge in [0, 0.05) is 20.9 Å². The molecule has 0 bridgehead atoms. The first-order valence-corrected chi connectivity index (χ1v) is 8.64. The zero-order chi connectivity index (χ0) is 15.0. The van der Waals surface area contributed by atoms with Crippen LogP contribution in [0.4, 0.5) is 5.69 Å². The SMILES string of the molecule is Cc1ccc(C2=Nc3ccc(Br)cc3C(C)(CBr)O2)cc1. The molecule has 1 aliphatic heterocycles. The van der Waals surface area contributed by atoms with E-state index in [4.69, 9.17) is 4.74 Å². The predicted octanol–water partition coefficient (Wildman–Crippen LogP) is 5.48. The van der Waals surface area contributed by atoms with Gasteiger partial charge in [0.25, 0.3) is 0 Å². The molecule has 108 valence electrons. The van der Waals surface area contributed by atoms with Gasteiger partial charge in [-0.05, 0) is 44.2 Å². The van der Waals surface area contributed by atoms with E-state index in [9.17, 15) is 0 Å². The lowest BCUT2D eigenvalue weighted by Crippen LogP contribution is -2.34. The number of alkyl halides is 1. The van der Waals surface area contributed by atoms with Gasteiger partial charge in [-0.2, -0.15) is 0 Å². The summed E-state index contributed by atoms with van der Waals surface area (Å²) in [5.41, 5.74) is 3.84. The van der Waals surface area contributed by atoms with E-state index >= 15 is 0 Å². The molecule has 21 heavy (non-hydrogen) atoms. The Bertz CT molecular complexity index is 709. The van der Waals surface area contributed by atoms with Crippen molar-refractivity contribution in [2.45, 2.75) is 19.4 Å². The number of halogens is 2. The molecule has 0 saturated heterocycles. The molecule has 0 aliphatic carbocycles. The fraction of sp³-hybridized carbons (Fsp3) is 0.235. The average Bonchev–Trinajstić information content (AvgIpc) is 2.48. The number of aryl methyl sites for hydroxylation is 1. The van der Waals surface area contributed by atoms with Gasteiger partial charge < -0.3 is 4.74 Å². The number of benzene rings is 2. The molecule has 1 heterocycles. The van der Waals surface area contributed by atoms with Gasteiger partial charge in [-0.3, -0.25) is 0 Å². The Morgan fingerprint density at radius 1 is 1.14 bits per heavy atom. The van der Waals surface area contributed by atoms with Crippen molar-refractivity contribution < 1.29 is 4.74 Å². The maximum atomic E-state index is 6.21. The number of rotatable bonds is 2. The second kappa shape index (κ2) is 5.58. The lowest BCUT2D eigenvalue weighted by atomic mass is 9.94. The summed E-state index contributed by atoms with van der Waals surface area (Å²) in [6, 6.07) is 14.4. The largest absolute Gasteiger partial charge is 0.465 e. The second-order valence-electron chi connectivity index (χ2n) is 5.41. The molecule has 2 aromatic rings. The molecular formula is C17H15Br2NO. The van der Waals surface area contributed by atoms with Crippen molar-refractivity contribution in [3.8, 4) is 0 Å². The maximum absolute atomic E-state index is 6.21. The molecule has 1 atom stereocenters. The average molecular weight is 409 g/mol. The summed E-state index contributed by atoms with van der Waals surface area (Å²) < 4.78 is 7.25. The summed E-state index contributed by atoms with van der Waals surface area (Å²) >= 11 is 7.10. The van der Waals surface area contributed by atoms with Crippen LogP contribution in [-0.4, -0.2) is 11.2 Å². The van der Waals surface area contributed by atoms with Gasteiger partial charge in [0.05, 0.1) is 5.69 Å². The Kier molecular flexibility index (Phi) is 3.93. The van der Waals surface area contributed by atoms with Crippen molar-refractivity contribution in [3.05, 3.63) is 63.6 Å². The van der Waals surface area contributed by atoms with Crippen LogP contribution < -0.4 is 0 Å². The molecular weight excluding hydrogens is 394 g/mol. The molecule has 0 N–H and O–H groups in total. The van der Waals surface area contributed by atoms with Crippen LogP contribution >= 0.6 is 31.9 Å². The van der Waals surface area contributed by atoms with Crippen LogP contribution in [0.25, 0.3) is 0 Å². The van der Waals surface area contributed by atoms with Crippen LogP contribution in [0.3, 0.4) is 0 Å². The highest BCUT2D eigenvalue weighted by molar-refractivity contribution is 9.10. The minimum absolute atomic E-state index is 0.429. The third kappa shape index (κ3) is 2.79. The van der Waals surface area contributed by atoms with Gasteiger partial charge in [-0.25, -0.2) is 4.99 Å². The molecule has 1 aliphatic rings. The van der Waals surface area contributed by atoms with E-state index in [0.717, 1.165) is 21.3 Å². The van der Waals surface area contributed by atoms with E-state index in [0.29, 0.717) is 11.2 Å². The van der Waals surface area contributed by atoms with Crippen molar-refractivity contribution >= 4 is 43.4 Å². The van der Waals surface area contributed by atoms with E-state index in [1.54, 1.807) is 0 Å². The molecule has 2 nitrogen and oxygen atoms in total. The lowest BCUT2D eigenvalue weighted by Gasteiger charge is -2.34. The smallest absolute Gasteiger partial charge is 0.222 e. The highest BCUT2D eigenvalue weighted by Crippen LogP contribution is 2.41. The van der Waals surface area contributed by atoms with E-state index in [1.807, 2.05) is 24.3 Å². The van der Waals surface area contributed by atoms with Crippen molar-refractivity contribution in [2.75, 3.05) is 5.33 Å². The van der Waals surface area contributed by atoms with Crippen LogP contribution in [0, 0.1) is 6.92 Å². The number of hydrogen-bond donors (Lipinski definition) is 0. The van der Waals surface area contributed by atoms with Crippen LogP contribution in [-0.2, 0) is 10.3 Å². The minimum Gasteiger partial charge on any atom is -0.465 e. The molecule has 0 fully saturated rings. The first-order valence-electron chi connectivity index (χ1n) is 6.72. The van der Waals surface area contributed by atoms with Gasteiger partial charge in [-0.1, -0.05) is 49.6 Å². The second-order valence-corrected chi connectivity index (χ2v) is 6.89. The molecule has 2 aromatic carbocycles. The Balaban J connectivity index is 2.13. The topological polar surface area (TPSA) is 21.6 Å². The summed E-state index contributed by atoms with van der Waals surface area (Å²) in [5, 5.41) is 0.703. The summed E-state index contributed by atoms with van der Waals surface area (Å²) in [7, 11) is 0. The summed E-state index contributed by atoms with van der Waals surface area (Å²) in [4.78, 5) is 4.68. The van der Waals surface area contributed by atoms with Crippen LogP contribution in [0.15, 0.2) is 51.9 Å². The monoisotopic (exact) mass is 407 g/mol. The van der Waals surface area contributed by atoms with Gasteiger partial charge >= 0.3 is 0 Å². The summed E-state index contributed by atoms with van der Waals surface area (Å²) in [5.74, 6) is 0.673. The predicted molar refractivity (Wildman–Crippen MR) is 93.7 cm³/mol. The minimum atomic E-state index is -0.429. The molecule has 3 rings (SSSR count). The molecule has 0 amide bonds. The number of nitrogens with zero attached hydrogens (tertiary/aromatic N) is 1. The van der Waals surface area contributed by atoms with Gasteiger partial charge in [0.15, 0.2) is 0 Å². The molecule has 0 spiro atoms. The quantitative estimate of drug-likeness (QED) is 0.603. The third-order valence-electron chi connectivity index (χ3n) is 3.63. The van der Waals surface area contributed by atoms with Gasteiger partial charge in [0.2, 0.25) is 5.90 Å². The lowest BCUT2D eigenvalue weighted by molar-refractivity contribution is 0.0979. The molecule has 0 aromatic heterocycles. The zero-order valence-corrected chi connectivity index (χ0v) is 15.0. The normalized spacial score (nSPS) is 20.5. The van der Waals surface area contributed by atoms with Gasteiger partial charge in [0.1, 0.15) is 5.60 Å². The Hall–Kier alpha value is -1.13. The molecule has 4 heteroatoms. The first kappa shape index (κ1) is 14.8. The van der Waals surface area contributed by atoms with E-state index in [-0.39, 0.29) is 0 Å². The Morgan fingerprint density at radius 2 is 1.86 bits per heavy atom. The fourth-order valence-electron chi connectivity index (χ4n) is 2.35. The number of hydrogen-bond acceptors (Lipinski definition) is 2. The zero-order valence-electron chi connectivity index (χ0n) is 11.9. The molecule has 1 unspecified atom stereocenters. The van der Waals surface area contributed by atoms with Crippen LogP contribution in [0.5, 0.6) is 0 Å². The fourth-order valence-corrected chi connectivity index (χ4v) is 3.13. The van der Waals surface area contributed by atoms with Crippen molar-refractivity contribution in [3.63, 3.8) is 0 Å². The number of ether oxygens (including phenoxy) is 1. The van der Waals surface area contributed by atoms with Crippen LogP contribution in [0.2, 0.25) is 0 Å². The summed E-state index contributed by atoms with van der Waals surface area (Å²) in [6.07, 6.45) is 0. The van der Waals surface area contributed by atoms with Crippen molar-refractivity contribution in [1.29, 1.82) is 0 Å². The maximum Gasteiger partial charge on any atom is 0.222 e. The standard InChI is InChI=1S/C17H15Br2NO/c1-11-3-5-12(6-4-11)16-20-15-8-7-13(19)9-14(15)17(2,10-18)21-16/h3-9H,10H2,1-2H3.